The maximum atomic E-state index is 11.0. The van der Waals surface area contributed by atoms with Gasteiger partial charge in [0.2, 0.25) is 0 Å². The second kappa shape index (κ2) is 3.49. The molecule has 0 bridgehead atoms. The third kappa shape index (κ3) is 1.71. The van der Waals surface area contributed by atoms with Crippen LogP contribution >= 0.6 is 0 Å². The number of methoxy groups -OCH3 is 1. The minimum Gasteiger partial charge on any atom is -0.773 e. The fourth-order valence-corrected chi connectivity index (χ4v) is 1.17. The van der Waals surface area contributed by atoms with Crippen molar-refractivity contribution in [2.45, 2.75) is 4.90 Å². The molecule has 0 atom stereocenters. The van der Waals surface area contributed by atoms with Gasteiger partial charge in [-0.05, 0) is 0 Å². The van der Waals surface area contributed by atoms with Gasteiger partial charge in [0.15, 0.2) is 6.20 Å². The smallest absolute Gasteiger partial charge is 0.336 e. The lowest BCUT2D eigenvalue weighted by atomic mass is 10.3. The average molecular weight is 183 g/mol. The lowest BCUT2D eigenvalue weighted by Gasteiger charge is -2.08. The molecule has 0 spiro atoms. The van der Waals surface area contributed by atoms with E-state index >= 15 is 0 Å². The van der Waals surface area contributed by atoms with Crippen molar-refractivity contribution in [2.75, 3.05) is 7.11 Å². The minimum atomic E-state index is -0.388. The highest BCUT2D eigenvalue weighted by Gasteiger charge is 2.06. The molecule has 0 saturated carbocycles. The number of rotatable bonds is 1. The summed E-state index contributed by atoms with van der Waals surface area (Å²) in [5.41, 5.74) is 0.436. The molecule has 0 amide bonds. The highest BCUT2D eigenvalue weighted by molar-refractivity contribution is 7.58. The standard InChI is InChI=1S/C8H9NO2S/c1-9-4-3-6(7(12)5-9)8(10)11-2/h3-5H,1-2H3. The van der Waals surface area contributed by atoms with Crippen molar-refractivity contribution in [3.8, 4) is 0 Å². The van der Waals surface area contributed by atoms with Crippen LogP contribution in [0.3, 0.4) is 0 Å². The zero-order valence-electron chi connectivity index (χ0n) is 6.90. The van der Waals surface area contributed by atoms with Gasteiger partial charge < -0.3 is 17.4 Å². The van der Waals surface area contributed by atoms with Crippen molar-refractivity contribution in [3.05, 3.63) is 24.0 Å². The lowest BCUT2D eigenvalue weighted by Crippen LogP contribution is -2.27. The summed E-state index contributed by atoms with van der Waals surface area (Å²) in [5.74, 6) is -0.388. The van der Waals surface area contributed by atoms with Crippen molar-refractivity contribution in [2.24, 2.45) is 7.05 Å². The molecule has 12 heavy (non-hydrogen) atoms. The van der Waals surface area contributed by atoms with Gasteiger partial charge in [-0.25, -0.2) is 9.36 Å². The van der Waals surface area contributed by atoms with E-state index in [1.54, 1.807) is 23.0 Å². The Hall–Kier alpha value is -1.16. The number of pyridine rings is 1. The van der Waals surface area contributed by atoms with Gasteiger partial charge in [0.1, 0.15) is 13.2 Å². The molecule has 0 radical (unpaired) electrons. The molecule has 64 valence electrons. The first-order chi connectivity index (χ1) is 5.65. The Bertz CT molecular complexity index is 312. The van der Waals surface area contributed by atoms with E-state index in [-0.39, 0.29) is 5.97 Å². The van der Waals surface area contributed by atoms with Gasteiger partial charge >= 0.3 is 5.97 Å². The van der Waals surface area contributed by atoms with Crippen LogP contribution in [0.4, 0.5) is 0 Å². The summed E-state index contributed by atoms with van der Waals surface area (Å²) in [5, 5.41) is 0. The van der Waals surface area contributed by atoms with Crippen LogP contribution < -0.4 is 4.57 Å². The largest absolute Gasteiger partial charge is 0.773 e. The van der Waals surface area contributed by atoms with Gasteiger partial charge in [-0.3, -0.25) is 0 Å². The zero-order chi connectivity index (χ0) is 9.14. The number of esters is 1. The van der Waals surface area contributed by atoms with Crippen LogP contribution in [0.25, 0.3) is 0 Å². The SMILES string of the molecule is COC(=O)c1cc[n+](C)cc1[S-]. The van der Waals surface area contributed by atoms with Crippen LogP contribution in [0.15, 0.2) is 23.4 Å². The first-order valence-corrected chi connectivity index (χ1v) is 3.80. The lowest BCUT2D eigenvalue weighted by molar-refractivity contribution is -0.673. The first kappa shape index (κ1) is 8.93. The molecule has 1 rings (SSSR count). The number of carbonyl (C=O) groups is 1. The molecule has 4 heteroatoms. The van der Waals surface area contributed by atoms with E-state index in [0.29, 0.717) is 10.5 Å². The molecule has 1 aromatic heterocycles. The molecule has 0 aliphatic heterocycles. The summed E-state index contributed by atoms with van der Waals surface area (Å²) in [4.78, 5) is 11.6. The van der Waals surface area contributed by atoms with Crippen molar-refractivity contribution in [3.63, 3.8) is 0 Å². The Morgan fingerprint density at radius 1 is 1.67 bits per heavy atom. The van der Waals surface area contributed by atoms with E-state index < -0.39 is 0 Å². The van der Waals surface area contributed by atoms with Gasteiger partial charge in [0.05, 0.1) is 12.7 Å². The normalized spacial score (nSPS) is 9.50. The molecule has 0 aromatic carbocycles. The predicted molar refractivity (Wildman–Crippen MR) is 44.6 cm³/mol. The molecule has 1 heterocycles. The van der Waals surface area contributed by atoms with Crippen molar-refractivity contribution < 1.29 is 14.1 Å². The maximum Gasteiger partial charge on any atom is 0.336 e. The fraction of sp³-hybridized carbons (Fsp3) is 0.250. The topological polar surface area (TPSA) is 30.2 Å². The molecule has 0 unspecified atom stereocenters. The molecular weight excluding hydrogens is 174 g/mol. The molecule has 3 nitrogen and oxygen atoms in total. The summed E-state index contributed by atoms with van der Waals surface area (Å²) >= 11 is 4.96. The summed E-state index contributed by atoms with van der Waals surface area (Å²) in [7, 11) is 3.18. The van der Waals surface area contributed by atoms with Gasteiger partial charge in [-0.15, -0.1) is 0 Å². The highest BCUT2D eigenvalue weighted by atomic mass is 32.1. The number of hydrogen-bond acceptors (Lipinski definition) is 3. The predicted octanol–water partition coefficient (Wildman–Crippen LogP) is 0.203. The second-order valence-electron chi connectivity index (χ2n) is 2.38. The van der Waals surface area contributed by atoms with Crippen molar-refractivity contribution in [1.29, 1.82) is 0 Å². The molecule has 1 aromatic rings. The Labute approximate surface area is 76.4 Å². The van der Waals surface area contributed by atoms with E-state index in [0.717, 1.165) is 0 Å². The Kier molecular flexibility index (Phi) is 2.60. The van der Waals surface area contributed by atoms with Crippen LogP contribution in [0, 0.1) is 0 Å². The Balaban J connectivity index is 3.09. The number of aromatic nitrogens is 1. The summed E-state index contributed by atoms with van der Waals surface area (Å²) in [6.45, 7) is 0. The summed E-state index contributed by atoms with van der Waals surface area (Å²) in [6, 6.07) is 1.65. The molecule has 0 aliphatic carbocycles. The first-order valence-electron chi connectivity index (χ1n) is 3.39. The van der Waals surface area contributed by atoms with E-state index in [2.05, 4.69) is 4.74 Å². The highest BCUT2D eigenvalue weighted by Crippen LogP contribution is 2.05. The molecule has 0 fully saturated rings. The van der Waals surface area contributed by atoms with Crippen LogP contribution in [0.2, 0.25) is 0 Å². The molecular formula is C8H9NO2S. The van der Waals surface area contributed by atoms with Gasteiger partial charge in [0, 0.05) is 6.07 Å². The van der Waals surface area contributed by atoms with E-state index in [9.17, 15) is 4.79 Å². The Morgan fingerprint density at radius 2 is 2.33 bits per heavy atom. The second-order valence-corrected chi connectivity index (χ2v) is 2.82. The fourth-order valence-electron chi connectivity index (χ4n) is 0.850. The number of carbonyl (C=O) groups excluding carboxylic acids is 1. The molecule has 0 saturated heterocycles. The van der Waals surface area contributed by atoms with Crippen LogP contribution in [0.5, 0.6) is 0 Å². The number of nitrogens with zero attached hydrogens (tertiary/aromatic N) is 1. The summed E-state index contributed by atoms with van der Waals surface area (Å²) < 4.78 is 6.33. The van der Waals surface area contributed by atoms with E-state index in [1.165, 1.54) is 7.11 Å². The minimum absolute atomic E-state index is 0.388. The third-order valence-electron chi connectivity index (χ3n) is 1.47. The monoisotopic (exact) mass is 183 g/mol. The van der Waals surface area contributed by atoms with Crippen LogP contribution in [-0.2, 0) is 24.4 Å². The third-order valence-corrected chi connectivity index (χ3v) is 1.79. The Morgan fingerprint density at radius 3 is 2.83 bits per heavy atom. The van der Waals surface area contributed by atoms with Crippen molar-refractivity contribution in [1.82, 2.24) is 0 Å². The maximum absolute atomic E-state index is 11.0. The number of aryl methyl sites for hydroxylation is 1. The van der Waals surface area contributed by atoms with Crippen molar-refractivity contribution >= 4 is 18.6 Å². The average Bonchev–Trinajstić information content (AvgIpc) is 2.03. The molecule has 0 aliphatic rings. The van der Waals surface area contributed by atoms with Crippen LogP contribution in [0.1, 0.15) is 10.4 Å². The van der Waals surface area contributed by atoms with Crippen LogP contribution in [-0.4, -0.2) is 13.1 Å². The van der Waals surface area contributed by atoms with E-state index in [4.69, 9.17) is 12.6 Å². The molecule has 0 N–H and O–H groups in total. The summed E-state index contributed by atoms with van der Waals surface area (Å²) in [6.07, 6.45) is 3.45. The number of hydrogen-bond donors (Lipinski definition) is 0. The quantitative estimate of drug-likeness (QED) is 0.354. The van der Waals surface area contributed by atoms with E-state index in [1.807, 2.05) is 7.05 Å². The zero-order valence-corrected chi connectivity index (χ0v) is 7.72. The number of ether oxygens (including phenoxy) is 1. The van der Waals surface area contributed by atoms with Gasteiger partial charge in [-0.2, -0.15) is 0 Å². The van der Waals surface area contributed by atoms with Gasteiger partial charge in [-0.1, -0.05) is 4.90 Å². The van der Waals surface area contributed by atoms with Gasteiger partial charge in [0.25, 0.3) is 0 Å².